The zero-order chi connectivity index (χ0) is 15.0. The van der Waals surface area contributed by atoms with Crippen molar-refractivity contribution in [1.82, 2.24) is 5.32 Å². The number of nitrogens with two attached hydrogens (primary N) is 1. The fourth-order valence-electron chi connectivity index (χ4n) is 1.90. The molecule has 0 atom stereocenters. The topological polar surface area (TPSA) is 64.3 Å². The Kier molecular flexibility index (Phi) is 9.06. The largest absolute Gasteiger partial charge is 0.483 e. The van der Waals surface area contributed by atoms with E-state index in [2.05, 4.69) is 26.1 Å². The van der Waals surface area contributed by atoms with Crippen LogP contribution in [0.3, 0.4) is 0 Å². The van der Waals surface area contributed by atoms with Gasteiger partial charge in [0, 0.05) is 6.54 Å². The van der Waals surface area contributed by atoms with Crippen LogP contribution in [0.5, 0.6) is 5.75 Å². The Morgan fingerprint density at radius 1 is 1.24 bits per heavy atom. The first kappa shape index (κ1) is 19.7. The maximum atomic E-state index is 11.7. The van der Waals surface area contributed by atoms with E-state index in [1.165, 1.54) is 0 Å². The van der Waals surface area contributed by atoms with Gasteiger partial charge in [0.1, 0.15) is 5.75 Å². The normalized spacial score (nSPS) is 10.7. The summed E-state index contributed by atoms with van der Waals surface area (Å²) in [7, 11) is 0. The van der Waals surface area contributed by atoms with Gasteiger partial charge in [-0.05, 0) is 36.4 Å². The van der Waals surface area contributed by atoms with Gasteiger partial charge in [-0.2, -0.15) is 0 Å². The summed E-state index contributed by atoms with van der Waals surface area (Å²) in [6.45, 7) is 7.74. The molecule has 0 radical (unpaired) electrons. The molecule has 21 heavy (non-hydrogen) atoms. The number of ether oxygens (including phenoxy) is 1. The van der Waals surface area contributed by atoms with Gasteiger partial charge in [-0.3, -0.25) is 4.79 Å². The molecule has 0 aliphatic carbocycles. The van der Waals surface area contributed by atoms with Crippen molar-refractivity contribution in [2.24, 2.45) is 5.73 Å². The first-order valence-corrected chi connectivity index (χ1v) is 7.14. The van der Waals surface area contributed by atoms with Crippen molar-refractivity contribution in [2.45, 2.75) is 39.0 Å². The quantitative estimate of drug-likeness (QED) is 0.760. The summed E-state index contributed by atoms with van der Waals surface area (Å²) in [6.07, 6.45) is 1.83. The summed E-state index contributed by atoms with van der Waals surface area (Å²) in [6, 6.07) is 7.85. The lowest BCUT2D eigenvalue weighted by molar-refractivity contribution is -0.123. The molecular weight excluding hydrogens is 288 g/mol. The Hall–Kier alpha value is -1.26. The van der Waals surface area contributed by atoms with Gasteiger partial charge < -0.3 is 15.8 Å². The molecule has 1 aromatic rings. The van der Waals surface area contributed by atoms with Crippen LogP contribution >= 0.6 is 12.4 Å². The Bertz CT molecular complexity index is 431. The Labute approximate surface area is 133 Å². The molecule has 0 spiro atoms. The van der Waals surface area contributed by atoms with Gasteiger partial charge in [0.05, 0.1) is 0 Å². The van der Waals surface area contributed by atoms with Gasteiger partial charge in [0.25, 0.3) is 5.91 Å². The number of para-hydroxylation sites is 1. The van der Waals surface area contributed by atoms with Crippen molar-refractivity contribution in [3.63, 3.8) is 0 Å². The lowest BCUT2D eigenvalue weighted by atomic mass is 9.86. The minimum atomic E-state index is -0.0919. The molecule has 0 fully saturated rings. The average Bonchev–Trinajstić information content (AvgIpc) is 2.40. The number of carbonyl (C=O) groups is 1. The van der Waals surface area contributed by atoms with Crippen molar-refractivity contribution in [3.8, 4) is 5.75 Å². The highest BCUT2D eigenvalue weighted by molar-refractivity contribution is 5.85. The lowest BCUT2D eigenvalue weighted by Gasteiger charge is -2.22. The van der Waals surface area contributed by atoms with Crippen molar-refractivity contribution < 1.29 is 9.53 Å². The predicted octanol–water partition coefficient (Wildman–Crippen LogP) is 2.64. The molecule has 0 aliphatic rings. The van der Waals surface area contributed by atoms with E-state index in [0.29, 0.717) is 13.1 Å². The molecule has 0 heterocycles. The smallest absolute Gasteiger partial charge is 0.257 e. The number of nitrogens with one attached hydrogen (secondary N) is 1. The fourth-order valence-corrected chi connectivity index (χ4v) is 1.90. The second-order valence-electron chi connectivity index (χ2n) is 5.88. The van der Waals surface area contributed by atoms with E-state index in [1.807, 2.05) is 24.3 Å². The third-order valence-corrected chi connectivity index (χ3v) is 3.01. The highest BCUT2D eigenvalue weighted by Gasteiger charge is 2.18. The zero-order valence-electron chi connectivity index (χ0n) is 13.1. The van der Waals surface area contributed by atoms with Crippen LogP contribution in [0.1, 0.15) is 39.2 Å². The van der Waals surface area contributed by atoms with Crippen LogP contribution in [0.15, 0.2) is 24.3 Å². The van der Waals surface area contributed by atoms with Crippen molar-refractivity contribution >= 4 is 18.3 Å². The number of halogens is 1. The van der Waals surface area contributed by atoms with Gasteiger partial charge in [0.2, 0.25) is 0 Å². The minimum Gasteiger partial charge on any atom is -0.483 e. The maximum Gasteiger partial charge on any atom is 0.257 e. The molecule has 0 saturated heterocycles. The van der Waals surface area contributed by atoms with E-state index in [-0.39, 0.29) is 30.3 Å². The van der Waals surface area contributed by atoms with Crippen LogP contribution in [0.4, 0.5) is 0 Å². The van der Waals surface area contributed by atoms with E-state index < -0.39 is 0 Å². The number of benzene rings is 1. The monoisotopic (exact) mass is 314 g/mol. The Morgan fingerprint density at radius 2 is 1.90 bits per heavy atom. The highest BCUT2D eigenvalue weighted by Crippen LogP contribution is 2.30. The minimum absolute atomic E-state index is 0. The number of carbonyl (C=O) groups excluding carboxylic acids is 1. The van der Waals surface area contributed by atoms with Gasteiger partial charge in [-0.15, -0.1) is 12.4 Å². The molecule has 1 amide bonds. The van der Waals surface area contributed by atoms with E-state index in [1.54, 1.807) is 0 Å². The van der Waals surface area contributed by atoms with Gasteiger partial charge in [-0.25, -0.2) is 0 Å². The SMILES string of the molecule is CC(C)(C)c1ccccc1OCC(=O)NCCCCN.Cl. The molecule has 0 bridgehead atoms. The first-order chi connectivity index (χ1) is 9.45. The molecule has 0 unspecified atom stereocenters. The number of hydrogen-bond acceptors (Lipinski definition) is 3. The lowest BCUT2D eigenvalue weighted by Crippen LogP contribution is -2.30. The van der Waals surface area contributed by atoms with Crippen LogP contribution in [-0.4, -0.2) is 25.6 Å². The third-order valence-electron chi connectivity index (χ3n) is 3.01. The first-order valence-electron chi connectivity index (χ1n) is 7.14. The van der Waals surface area contributed by atoms with Gasteiger partial charge in [0.15, 0.2) is 6.61 Å². The summed E-state index contributed by atoms with van der Waals surface area (Å²) in [5.74, 6) is 0.683. The molecule has 0 aromatic heterocycles. The van der Waals surface area contributed by atoms with Crippen molar-refractivity contribution in [1.29, 1.82) is 0 Å². The Morgan fingerprint density at radius 3 is 2.52 bits per heavy atom. The molecule has 1 rings (SSSR count). The molecular formula is C16H27ClN2O2. The van der Waals surface area contributed by atoms with Gasteiger partial charge >= 0.3 is 0 Å². The zero-order valence-corrected chi connectivity index (χ0v) is 14.0. The van der Waals surface area contributed by atoms with Gasteiger partial charge in [-0.1, -0.05) is 39.0 Å². The van der Waals surface area contributed by atoms with E-state index in [0.717, 1.165) is 24.2 Å². The van der Waals surface area contributed by atoms with Crippen molar-refractivity contribution in [2.75, 3.05) is 19.7 Å². The summed E-state index contributed by atoms with van der Waals surface area (Å²) in [4.78, 5) is 11.7. The highest BCUT2D eigenvalue weighted by atomic mass is 35.5. The van der Waals surface area contributed by atoms with Crippen LogP contribution in [0, 0.1) is 0 Å². The van der Waals surface area contributed by atoms with Crippen LogP contribution in [0.2, 0.25) is 0 Å². The summed E-state index contributed by atoms with van der Waals surface area (Å²) >= 11 is 0. The molecule has 3 N–H and O–H groups in total. The predicted molar refractivity (Wildman–Crippen MR) is 89.2 cm³/mol. The summed E-state index contributed by atoms with van der Waals surface area (Å²) in [5.41, 5.74) is 6.50. The molecule has 5 heteroatoms. The molecule has 1 aromatic carbocycles. The molecule has 120 valence electrons. The summed E-state index contributed by atoms with van der Waals surface area (Å²) in [5, 5.41) is 2.83. The van der Waals surface area contributed by atoms with E-state index in [9.17, 15) is 4.79 Å². The van der Waals surface area contributed by atoms with Crippen LogP contribution < -0.4 is 15.8 Å². The third kappa shape index (κ3) is 7.34. The van der Waals surface area contributed by atoms with Crippen molar-refractivity contribution in [3.05, 3.63) is 29.8 Å². The average molecular weight is 315 g/mol. The standard InChI is InChI=1S/C16H26N2O2.ClH/c1-16(2,3)13-8-4-5-9-14(13)20-12-15(19)18-11-7-6-10-17;/h4-5,8-9H,6-7,10-12,17H2,1-3H3,(H,18,19);1H. The van der Waals surface area contributed by atoms with Crippen LogP contribution in [-0.2, 0) is 10.2 Å². The summed E-state index contributed by atoms with van der Waals surface area (Å²) < 4.78 is 5.65. The fraction of sp³-hybridized carbons (Fsp3) is 0.562. The number of unbranched alkanes of at least 4 members (excludes halogenated alkanes) is 1. The molecule has 0 aliphatic heterocycles. The second-order valence-corrected chi connectivity index (χ2v) is 5.88. The van der Waals surface area contributed by atoms with Crippen LogP contribution in [0.25, 0.3) is 0 Å². The van der Waals surface area contributed by atoms with E-state index >= 15 is 0 Å². The maximum absolute atomic E-state index is 11.7. The Balaban J connectivity index is 0.00000400. The van der Waals surface area contributed by atoms with E-state index in [4.69, 9.17) is 10.5 Å². The number of hydrogen-bond donors (Lipinski definition) is 2. The molecule has 4 nitrogen and oxygen atoms in total. The number of rotatable bonds is 7. The molecule has 0 saturated carbocycles. The number of amides is 1. The second kappa shape index (κ2) is 9.64.